The quantitative estimate of drug-likeness (QED) is 0.837. The molecule has 0 radical (unpaired) electrons. The minimum Gasteiger partial charge on any atom is -0.335 e. The lowest BCUT2D eigenvalue weighted by Gasteiger charge is -2.46. The summed E-state index contributed by atoms with van der Waals surface area (Å²) < 4.78 is 2.22. The van der Waals surface area contributed by atoms with Gasteiger partial charge in [-0.25, -0.2) is 0 Å². The molecule has 25 heavy (non-hydrogen) atoms. The van der Waals surface area contributed by atoms with Gasteiger partial charge in [-0.15, -0.1) is 10.2 Å². The van der Waals surface area contributed by atoms with Crippen LogP contribution in [0.15, 0.2) is 24.3 Å². The van der Waals surface area contributed by atoms with Crippen LogP contribution in [0.3, 0.4) is 0 Å². The number of nitrogens with zero attached hydrogens (tertiary/aromatic N) is 6. The SMILES string of the molecule is CCc1nnc2n1CCN(C1CN(C(=O)c3ccc(C#N)cc3)C1)C2. The number of benzene rings is 1. The third-order valence-electron chi connectivity index (χ3n) is 5.10. The topological polar surface area (TPSA) is 78.1 Å². The molecular weight excluding hydrogens is 316 g/mol. The number of carbonyl (C=O) groups is 1. The Balaban J connectivity index is 1.36. The van der Waals surface area contributed by atoms with Gasteiger partial charge in [-0.1, -0.05) is 6.92 Å². The average molecular weight is 336 g/mol. The molecule has 0 unspecified atom stereocenters. The first kappa shape index (κ1) is 15.8. The second kappa shape index (κ2) is 6.30. The van der Waals surface area contributed by atoms with Crippen LogP contribution in [0.2, 0.25) is 0 Å². The number of carbonyl (C=O) groups excluding carboxylic acids is 1. The van der Waals surface area contributed by atoms with Crippen LogP contribution >= 0.6 is 0 Å². The lowest BCUT2D eigenvalue weighted by molar-refractivity contribution is 0.0166. The zero-order valence-electron chi connectivity index (χ0n) is 14.2. The third-order valence-corrected chi connectivity index (χ3v) is 5.10. The van der Waals surface area contributed by atoms with Gasteiger partial charge in [0.15, 0.2) is 0 Å². The molecular formula is C18H20N6O. The Labute approximate surface area is 146 Å². The van der Waals surface area contributed by atoms with E-state index in [9.17, 15) is 4.79 Å². The molecule has 0 bridgehead atoms. The van der Waals surface area contributed by atoms with Gasteiger partial charge in [0.25, 0.3) is 5.91 Å². The van der Waals surface area contributed by atoms with Crippen molar-refractivity contribution in [2.75, 3.05) is 19.6 Å². The van der Waals surface area contributed by atoms with Gasteiger partial charge in [0.2, 0.25) is 0 Å². The molecule has 2 aliphatic heterocycles. The largest absolute Gasteiger partial charge is 0.335 e. The molecule has 1 saturated heterocycles. The summed E-state index contributed by atoms with van der Waals surface area (Å²) in [5, 5.41) is 17.4. The van der Waals surface area contributed by atoms with E-state index in [2.05, 4.69) is 32.7 Å². The Morgan fingerprint density at radius 3 is 2.68 bits per heavy atom. The summed E-state index contributed by atoms with van der Waals surface area (Å²) in [6.07, 6.45) is 0.906. The molecule has 1 aromatic heterocycles. The van der Waals surface area contributed by atoms with Gasteiger partial charge >= 0.3 is 0 Å². The normalized spacial score (nSPS) is 17.7. The Bertz CT molecular complexity index is 828. The van der Waals surface area contributed by atoms with Crippen molar-refractivity contribution in [3.8, 4) is 6.07 Å². The van der Waals surface area contributed by atoms with E-state index in [4.69, 9.17) is 5.26 Å². The number of aryl methyl sites for hydroxylation is 1. The van der Waals surface area contributed by atoms with Gasteiger partial charge in [0.05, 0.1) is 18.2 Å². The Kier molecular flexibility index (Phi) is 3.98. The van der Waals surface area contributed by atoms with Crippen LogP contribution in [0.25, 0.3) is 0 Å². The van der Waals surface area contributed by atoms with Crippen LogP contribution in [0.4, 0.5) is 0 Å². The molecule has 0 spiro atoms. The Morgan fingerprint density at radius 1 is 1.24 bits per heavy atom. The molecule has 1 fully saturated rings. The fourth-order valence-corrected chi connectivity index (χ4v) is 3.53. The first-order valence-corrected chi connectivity index (χ1v) is 8.64. The molecule has 1 aromatic carbocycles. The van der Waals surface area contributed by atoms with E-state index in [0.29, 0.717) is 17.2 Å². The van der Waals surface area contributed by atoms with Crippen LogP contribution in [0.1, 0.15) is 34.5 Å². The third kappa shape index (κ3) is 2.79. The number of hydrogen-bond acceptors (Lipinski definition) is 5. The maximum absolute atomic E-state index is 12.5. The maximum Gasteiger partial charge on any atom is 0.253 e. The summed E-state index contributed by atoms with van der Waals surface area (Å²) in [6.45, 7) is 6.28. The van der Waals surface area contributed by atoms with E-state index < -0.39 is 0 Å². The summed E-state index contributed by atoms with van der Waals surface area (Å²) in [7, 11) is 0. The molecule has 0 atom stereocenters. The molecule has 128 valence electrons. The van der Waals surface area contributed by atoms with E-state index in [1.54, 1.807) is 24.3 Å². The summed E-state index contributed by atoms with van der Waals surface area (Å²) in [6, 6.07) is 9.28. The van der Waals surface area contributed by atoms with Crippen molar-refractivity contribution in [1.82, 2.24) is 24.6 Å². The molecule has 2 aliphatic rings. The zero-order valence-corrected chi connectivity index (χ0v) is 14.2. The number of fused-ring (bicyclic) bond motifs is 1. The lowest BCUT2D eigenvalue weighted by atomic mass is 10.0. The maximum atomic E-state index is 12.5. The fraction of sp³-hybridized carbons (Fsp3) is 0.444. The van der Waals surface area contributed by atoms with Crippen molar-refractivity contribution in [2.24, 2.45) is 0 Å². The average Bonchev–Trinajstić information content (AvgIpc) is 3.03. The molecule has 7 nitrogen and oxygen atoms in total. The van der Waals surface area contributed by atoms with Crippen LogP contribution in [0, 0.1) is 11.3 Å². The minimum absolute atomic E-state index is 0.0363. The van der Waals surface area contributed by atoms with E-state index in [-0.39, 0.29) is 5.91 Å². The smallest absolute Gasteiger partial charge is 0.253 e. The molecule has 1 amide bonds. The summed E-state index contributed by atoms with van der Waals surface area (Å²) in [4.78, 5) is 16.8. The van der Waals surface area contributed by atoms with Crippen LogP contribution in [0.5, 0.6) is 0 Å². The highest BCUT2D eigenvalue weighted by molar-refractivity contribution is 5.94. The monoisotopic (exact) mass is 336 g/mol. The molecule has 4 rings (SSSR count). The van der Waals surface area contributed by atoms with Gasteiger partial charge < -0.3 is 9.47 Å². The number of likely N-dealkylation sites (tertiary alicyclic amines) is 1. The highest BCUT2D eigenvalue weighted by Gasteiger charge is 2.37. The van der Waals surface area contributed by atoms with Gasteiger partial charge in [-0.05, 0) is 24.3 Å². The van der Waals surface area contributed by atoms with Crippen molar-refractivity contribution in [1.29, 1.82) is 5.26 Å². The highest BCUT2D eigenvalue weighted by atomic mass is 16.2. The van der Waals surface area contributed by atoms with Gasteiger partial charge in [-0.2, -0.15) is 5.26 Å². The first-order chi connectivity index (χ1) is 12.2. The van der Waals surface area contributed by atoms with Gasteiger partial charge in [-0.3, -0.25) is 9.69 Å². The zero-order chi connectivity index (χ0) is 17.4. The number of hydrogen-bond donors (Lipinski definition) is 0. The van der Waals surface area contributed by atoms with Crippen molar-refractivity contribution in [2.45, 2.75) is 32.5 Å². The number of rotatable bonds is 3. The van der Waals surface area contributed by atoms with Crippen molar-refractivity contribution >= 4 is 5.91 Å². The highest BCUT2D eigenvalue weighted by Crippen LogP contribution is 2.22. The van der Waals surface area contributed by atoms with Crippen LogP contribution in [-0.2, 0) is 19.5 Å². The molecule has 2 aromatic rings. The van der Waals surface area contributed by atoms with E-state index >= 15 is 0 Å². The molecule has 0 saturated carbocycles. The Hall–Kier alpha value is -2.72. The summed E-state index contributed by atoms with van der Waals surface area (Å²) in [5.41, 5.74) is 1.21. The predicted molar refractivity (Wildman–Crippen MR) is 90.7 cm³/mol. The number of amides is 1. The van der Waals surface area contributed by atoms with E-state index in [1.165, 1.54) is 0 Å². The second-order valence-corrected chi connectivity index (χ2v) is 6.56. The molecule has 0 aliphatic carbocycles. The van der Waals surface area contributed by atoms with Crippen molar-refractivity contribution < 1.29 is 4.79 Å². The summed E-state index contributed by atoms with van der Waals surface area (Å²) >= 11 is 0. The predicted octanol–water partition coefficient (Wildman–Crippen LogP) is 1.05. The molecule has 0 N–H and O–H groups in total. The van der Waals surface area contributed by atoms with Crippen LogP contribution in [-0.4, -0.2) is 56.1 Å². The van der Waals surface area contributed by atoms with Gasteiger partial charge in [0.1, 0.15) is 11.6 Å². The summed E-state index contributed by atoms with van der Waals surface area (Å²) in [5.74, 6) is 2.12. The number of nitriles is 1. The van der Waals surface area contributed by atoms with E-state index in [1.807, 2.05) is 4.90 Å². The standard InChI is InChI=1S/C18H20N6O/c1-2-16-20-21-17-12-22(7-8-24(16)17)15-10-23(11-15)18(25)14-5-3-13(9-19)4-6-14/h3-6,15H,2,7-8,10-12H2,1H3. The number of aromatic nitrogens is 3. The fourth-order valence-electron chi connectivity index (χ4n) is 3.53. The lowest BCUT2D eigenvalue weighted by Crippen LogP contribution is -2.62. The molecule has 3 heterocycles. The van der Waals surface area contributed by atoms with Crippen molar-refractivity contribution in [3.05, 3.63) is 47.0 Å². The second-order valence-electron chi connectivity index (χ2n) is 6.56. The first-order valence-electron chi connectivity index (χ1n) is 8.64. The van der Waals surface area contributed by atoms with Crippen molar-refractivity contribution in [3.63, 3.8) is 0 Å². The van der Waals surface area contributed by atoms with E-state index in [0.717, 1.165) is 50.8 Å². The molecule has 7 heteroatoms. The van der Waals surface area contributed by atoms with Crippen LogP contribution < -0.4 is 0 Å². The van der Waals surface area contributed by atoms with Gasteiger partial charge in [0, 0.05) is 44.2 Å². The minimum atomic E-state index is 0.0363. The Morgan fingerprint density at radius 2 is 2.00 bits per heavy atom.